The second-order valence-corrected chi connectivity index (χ2v) is 10.1. The molecule has 0 unspecified atom stereocenters. The van der Waals surface area contributed by atoms with Gasteiger partial charge in [-0.05, 0) is 55.2 Å². The van der Waals surface area contributed by atoms with Crippen LogP contribution >= 0.6 is 11.6 Å². The molecule has 0 atom stereocenters. The van der Waals surface area contributed by atoms with Gasteiger partial charge in [0.25, 0.3) is 0 Å². The molecule has 0 radical (unpaired) electrons. The van der Waals surface area contributed by atoms with E-state index in [1.165, 1.54) is 18.2 Å². The van der Waals surface area contributed by atoms with Crippen LogP contribution in [0.25, 0.3) is 16.8 Å². The number of rotatable bonds is 6. The molecular formula is C26H16ClF10N3O. The Morgan fingerprint density at radius 1 is 1.02 bits per heavy atom. The van der Waals surface area contributed by atoms with Crippen molar-refractivity contribution in [1.82, 2.24) is 9.78 Å². The summed E-state index contributed by atoms with van der Waals surface area (Å²) in [4.78, 5) is 12.8. The van der Waals surface area contributed by atoms with E-state index < -0.39 is 63.7 Å². The summed E-state index contributed by atoms with van der Waals surface area (Å²) in [5, 5.41) is 13.2. The molecule has 1 aromatic heterocycles. The molecule has 15 heteroatoms. The van der Waals surface area contributed by atoms with Gasteiger partial charge in [-0.1, -0.05) is 17.7 Å². The molecule has 0 bridgehead atoms. The highest BCUT2D eigenvalue weighted by Crippen LogP contribution is 2.55. The Morgan fingerprint density at radius 2 is 1.63 bits per heavy atom. The largest absolute Gasteiger partial charge is 0.435 e. The van der Waals surface area contributed by atoms with Crippen LogP contribution in [0.3, 0.4) is 0 Å². The molecule has 1 fully saturated rings. The minimum atomic E-state index is -6.61. The Labute approximate surface area is 230 Å². The van der Waals surface area contributed by atoms with Crippen LogP contribution in [0, 0.1) is 23.7 Å². The molecule has 4 rings (SSSR count). The normalized spacial score (nSPS) is 15.5. The van der Waals surface area contributed by atoms with Gasteiger partial charge in [-0.15, -0.1) is 0 Å². The quantitative estimate of drug-likeness (QED) is 0.207. The van der Waals surface area contributed by atoms with Crippen LogP contribution in [-0.2, 0) is 11.8 Å². The van der Waals surface area contributed by atoms with E-state index in [1.807, 2.05) is 0 Å². The number of nitriles is 1. The van der Waals surface area contributed by atoms with Gasteiger partial charge < -0.3 is 0 Å². The predicted molar refractivity (Wildman–Crippen MR) is 125 cm³/mol. The molecule has 2 aromatic carbocycles. The van der Waals surface area contributed by atoms with Crippen molar-refractivity contribution in [2.45, 2.75) is 50.4 Å². The van der Waals surface area contributed by atoms with Gasteiger partial charge in [0.2, 0.25) is 0 Å². The third-order valence-electron chi connectivity index (χ3n) is 6.80. The first-order valence-electron chi connectivity index (χ1n) is 11.6. The monoisotopic (exact) mass is 611 g/mol. The average Bonchev–Trinajstić information content (AvgIpc) is 3.45. The van der Waals surface area contributed by atoms with Crippen LogP contribution in [0.15, 0.2) is 42.7 Å². The highest BCUT2D eigenvalue weighted by atomic mass is 35.5. The second-order valence-electron chi connectivity index (χ2n) is 9.70. The lowest BCUT2D eigenvalue weighted by molar-refractivity contribution is -0.348. The molecule has 218 valence electrons. The molecule has 4 nitrogen and oxygen atoms in total. The highest BCUT2D eigenvalue weighted by molar-refractivity contribution is 6.34. The second kappa shape index (κ2) is 9.75. The van der Waals surface area contributed by atoms with E-state index in [1.54, 1.807) is 0 Å². The summed E-state index contributed by atoms with van der Waals surface area (Å²) < 4.78 is 137. The number of aryl methyl sites for hydroxylation is 1. The van der Waals surface area contributed by atoms with Gasteiger partial charge in [0.05, 0.1) is 34.0 Å². The zero-order chi connectivity index (χ0) is 30.8. The Balaban J connectivity index is 1.80. The fourth-order valence-electron chi connectivity index (χ4n) is 4.42. The number of carbonyl (C=O) groups is 1. The van der Waals surface area contributed by atoms with E-state index in [0.29, 0.717) is 12.8 Å². The number of hydrogen-bond donors (Lipinski definition) is 0. The van der Waals surface area contributed by atoms with E-state index in [0.717, 1.165) is 24.0 Å². The lowest BCUT2D eigenvalue weighted by atomic mass is 9.87. The Hall–Kier alpha value is -3.60. The molecule has 1 heterocycles. The molecule has 0 saturated heterocycles. The fraction of sp³-hybridized carbons (Fsp3) is 0.346. The Bertz CT molecular complexity index is 1550. The Kier molecular flexibility index (Phi) is 7.22. The lowest BCUT2D eigenvalue weighted by Gasteiger charge is -2.31. The first kappa shape index (κ1) is 30.4. The fourth-order valence-corrected chi connectivity index (χ4v) is 4.65. The predicted octanol–water partition coefficient (Wildman–Crippen LogP) is 8.69. The van der Waals surface area contributed by atoms with E-state index in [2.05, 4.69) is 11.2 Å². The number of halogens is 11. The summed E-state index contributed by atoms with van der Waals surface area (Å²) in [6.07, 6.45) is -15.9. The van der Waals surface area contributed by atoms with Crippen molar-refractivity contribution < 1.29 is 48.7 Å². The lowest BCUT2D eigenvalue weighted by Crippen LogP contribution is -2.50. The molecule has 0 N–H and O–H groups in total. The SMILES string of the molecule is Cc1cc(C(F)(C(F)(F)F)C(F)(F)F)cc(C(F)(F)F)c1-c1cnn(-c2ccc(Cl)c(C(=O)CC3(C#N)CC3)c2)c1. The number of alkyl halides is 10. The summed E-state index contributed by atoms with van der Waals surface area (Å²) >= 11 is 6.13. The van der Waals surface area contributed by atoms with E-state index in [-0.39, 0.29) is 34.3 Å². The maximum absolute atomic E-state index is 14.6. The number of Topliss-reactive ketones (excluding diaryl/α,β-unsaturated/α-hetero) is 1. The molecule has 1 aliphatic carbocycles. The van der Waals surface area contributed by atoms with Crippen molar-refractivity contribution in [2.75, 3.05) is 0 Å². The number of ketones is 1. The van der Waals surface area contributed by atoms with E-state index in [9.17, 15) is 54.0 Å². The van der Waals surface area contributed by atoms with Gasteiger partial charge in [0, 0.05) is 29.3 Å². The van der Waals surface area contributed by atoms with Crippen LogP contribution in [-0.4, -0.2) is 27.9 Å². The molecule has 1 saturated carbocycles. The van der Waals surface area contributed by atoms with E-state index >= 15 is 0 Å². The van der Waals surface area contributed by atoms with Gasteiger partial charge in [-0.2, -0.15) is 49.9 Å². The number of hydrogen-bond acceptors (Lipinski definition) is 3. The summed E-state index contributed by atoms with van der Waals surface area (Å²) in [5.74, 6) is -0.460. The molecule has 3 aromatic rings. The van der Waals surface area contributed by atoms with Crippen LogP contribution in [0.2, 0.25) is 5.02 Å². The molecule has 0 amide bonds. The number of nitrogens with zero attached hydrogens (tertiary/aromatic N) is 3. The molecule has 0 spiro atoms. The summed E-state index contributed by atoms with van der Waals surface area (Å²) in [6, 6.07) is 5.57. The zero-order valence-electron chi connectivity index (χ0n) is 20.6. The molecule has 41 heavy (non-hydrogen) atoms. The number of carbonyl (C=O) groups excluding carboxylic acids is 1. The van der Waals surface area contributed by atoms with Crippen molar-refractivity contribution in [2.24, 2.45) is 5.41 Å². The minimum absolute atomic E-state index is 0.0119. The van der Waals surface area contributed by atoms with Crippen LogP contribution < -0.4 is 0 Å². The zero-order valence-corrected chi connectivity index (χ0v) is 21.3. The standard InChI is InChI=1S/C26H16ClF10N3O/c1-13-6-15(23(28,25(32,33)34)26(35,36)37)7-18(24(29,30)31)21(13)14-10-39-40(11-14)16-2-3-19(27)17(8-16)20(41)9-22(12-38)4-5-22/h2-3,6-8,10-11H,4-5,9H2,1H3. The third kappa shape index (κ3) is 5.39. The molecule has 1 aliphatic rings. The first-order chi connectivity index (χ1) is 18.7. The van der Waals surface area contributed by atoms with Crippen molar-refractivity contribution in [3.8, 4) is 22.9 Å². The number of aromatic nitrogens is 2. The van der Waals surface area contributed by atoms with Crippen LogP contribution in [0.5, 0.6) is 0 Å². The maximum Gasteiger partial charge on any atom is 0.435 e. The third-order valence-corrected chi connectivity index (χ3v) is 7.13. The first-order valence-corrected chi connectivity index (χ1v) is 12.0. The Morgan fingerprint density at radius 3 is 2.15 bits per heavy atom. The summed E-state index contributed by atoms with van der Waals surface area (Å²) in [7, 11) is 0. The van der Waals surface area contributed by atoms with Gasteiger partial charge >= 0.3 is 24.2 Å². The average molecular weight is 612 g/mol. The van der Waals surface area contributed by atoms with Crippen molar-refractivity contribution >= 4 is 17.4 Å². The maximum atomic E-state index is 14.6. The van der Waals surface area contributed by atoms with Crippen molar-refractivity contribution in [3.05, 3.63) is 70.0 Å². The van der Waals surface area contributed by atoms with Crippen molar-refractivity contribution in [1.29, 1.82) is 5.26 Å². The van der Waals surface area contributed by atoms with Crippen molar-refractivity contribution in [3.63, 3.8) is 0 Å². The van der Waals surface area contributed by atoms with E-state index in [4.69, 9.17) is 11.6 Å². The van der Waals surface area contributed by atoms with Gasteiger partial charge in [0.15, 0.2) is 5.78 Å². The van der Waals surface area contributed by atoms with Crippen LogP contribution in [0.1, 0.15) is 46.3 Å². The summed E-state index contributed by atoms with van der Waals surface area (Å²) in [6.45, 7) is 0.806. The smallest absolute Gasteiger partial charge is 0.294 e. The van der Waals surface area contributed by atoms with Gasteiger partial charge in [0.1, 0.15) is 0 Å². The number of benzene rings is 2. The van der Waals surface area contributed by atoms with Gasteiger partial charge in [-0.25, -0.2) is 9.07 Å². The highest BCUT2D eigenvalue weighted by Gasteiger charge is 2.73. The molecule has 0 aliphatic heterocycles. The molecular weight excluding hydrogens is 596 g/mol. The van der Waals surface area contributed by atoms with Gasteiger partial charge in [-0.3, -0.25) is 4.79 Å². The summed E-state index contributed by atoms with van der Waals surface area (Å²) in [5.41, 5.74) is -12.9. The van der Waals surface area contributed by atoms with Crippen LogP contribution in [0.4, 0.5) is 43.9 Å². The minimum Gasteiger partial charge on any atom is -0.294 e. The topological polar surface area (TPSA) is 58.7 Å².